The molecule has 2 aromatic heterocycles. The van der Waals surface area contributed by atoms with Crippen molar-refractivity contribution in [1.82, 2.24) is 4.57 Å². The van der Waals surface area contributed by atoms with E-state index >= 15 is 0 Å². The van der Waals surface area contributed by atoms with Crippen molar-refractivity contribution in [1.29, 1.82) is 0 Å². The number of benzene rings is 1. The van der Waals surface area contributed by atoms with E-state index in [1.807, 2.05) is 31.4 Å². The van der Waals surface area contributed by atoms with E-state index in [-0.39, 0.29) is 17.9 Å². The van der Waals surface area contributed by atoms with Crippen molar-refractivity contribution in [3.8, 4) is 0 Å². The number of aryl methyl sites for hydroxylation is 2. The number of Topliss-reactive ketones (excluding diaryl/α,β-unsaturated/α-hetero) is 1. The zero-order valence-electron chi connectivity index (χ0n) is 17.8. The molecule has 166 valence electrons. The number of hydrogen-bond donors (Lipinski definition) is 1. The molecule has 1 atom stereocenters. The number of fused-ring (bicyclic) bond motifs is 1. The Balaban J connectivity index is 1.42. The van der Waals surface area contributed by atoms with Crippen molar-refractivity contribution in [3.05, 3.63) is 75.0 Å². The van der Waals surface area contributed by atoms with E-state index in [2.05, 4.69) is 16.0 Å². The van der Waals surface area contributed by atoms with Crippen LogP contribution >= 0.6 is 11.3 Å². The van der Waals surface area contributed by atoms with Crippen molar-refractivity contribution in [2.24, 2.45) is 0 Å². The first-order chi connectivity index (χ1) is 15.3. The minimum absolute atomic E-state index is 0.108. The molecule has 1 amide bonds. The van der Waals surface area contributed by atoms with Gasteiger partial charge in [0, 0.05) is 40.5 Å². The van der Waals surface area contributed by atoms with Crippen LogP contribution in [0, 0.1) is 19.7 Å². The van der Waals surface area contributed by atoms with E-state index < -0.39 is 30.2 Å². The molecule has 0 saturated carbocycles. The van der Waals surface area contributed by atoms with Crippen LogP contribution in [0.15, 0.2) is 41.8 Å². The van der Waals surface area contributed by atoms with E-state index in [0.29, 0.717) is 11.1 Å². The van der Waals surface area contributed by atoms with Crippen molar-refractivity contribution < 1.29 is 23.5 Å². The minimum Gasteiger partial charge on any atom is -0.457 e. The number of aromatic nitrogens is 1. The number of ether oxygens (including phenoxy) is 1. The number of esters is 1. The van der Waals surface area contributed by atoms with Gasteiger partial charge >= 0.3 is 5.97 Å². The van der Waals surface area contributed by atoms with Gasteiger partial charge in [-0.15, -0.1) is 11.3 Å². The van der Waals surface area contributed by atoms with E-state index in [0.717, 1.165) is 24.4 Å². The van der Waals surface area contributed by atoms with E-state index in [1.54, 1.807) is 11.3 Å². The van der Waals surface area contributed by atoms with Crippen molar-refractivity contribution in [2.75, 3.05) is 11.9 Å². The lowest BCUT2D eigenvalue weighted by atomic mass is 9.90. The summed E-state index contributed by atoms with van der Waals surface area (Å²) >= 11 is 1.70. The van der Waals surface area contributed by atoms with Crippen LogP contribution in [-0.2, 0) is 27.3 Å². The number of anilines is 1. The smallest absolute Gasteiger partial charge is 0.314 e. The summed E-state index contributed by atoms with van der Waals surface area (Å²) in [5.41, 5.74) is 3.05. The van der Waals surface area contributed by atoms with Crippen LogP contribution in [0.25, 0.3) is 0 Å². The molecule has 1 N–H and O–H groups in total. The molecule has 4 rings (SSSR count). The molecule has 0 radical (unpaired) electrons. The summed E-state index contributed by atoms with van der Waals surface area (Å²) < 4.78 is 20.9. The van der Waals surface area contributed by atoms with Gasteiger partial charge in [-0.3, -0.25) is 14.4 Å². The van der Waals surface area contributed by atoms with Crippen LogP contribution < -0.4 is 5.32 Å². The minimum atomic E-state index is -0.870. The fraction of sp³-hybridized carbons (Fsp3) is 0.292. The van der Waals surface area contributed by atoms with Crippen LogP contribution in [0.4, 0.5) is 10.1 Å². The highest BCUT2D eigenvalue weighted by Gasteiger charge is 2.32. The molecular weight excluding hydrogens is 431 g/mol. The van der Waals surface area contributed by atoms with E-state index in [1.165, 1.54) is 23.1 Å². The third kappa shape index (κ3) is 4.50. The first kappa shape index (κ1) is 22.0. The predicted molar refractivity (Wildman–Crippen MR) is 120 cm³/mol. The summed E-state index contributed by atoms with van der Waals surface area (Å²) in [6.45, 7) is 4.17. The standard InChI is InChI=1S/C24H23FN2O4S/c1-14-10-19(15(2)27(14)8-7-17-4-3-9-32-17)22(28)13-31-24(30)20-12-23(29)26-21-11-16(25)5-6-18(20)21/h3-6,9-11,20H,7-8,12-13H2,1-2H3,(H,26,29). The Hall–Kier alpha value is -3.26. The van der Waals surface area contributed by atoms with Gasteiger partial charge in [-0.05, 0) is 55.5 Å². The van der Waals surface area contributed by atoms with Gasteiger partial charge in [0.25, 0.3) is 0 Å². The molecule has 3 aromatic rings. The lowest BCUT2D eigenvalue weighted by molar-refractivity contribution is -0.145. The van der Waals surface area contributed by atoms with Gasteiger partial charge in [0.15, 0.2) is 6.61 Å². The van der Waals surface area contributed by atoms with Crippen LogP contribution in [0.2, 0.25) is 0 Å². The fourth-order valence-electron chi connectivity index (χ4n) is 4.07. The highest BCUT2D eigenvalue weighted by Crippen LogP contribution is 2.33. The lowest BCUT2D eigenvalue weighted by Crippen LogP contribution is -2.29. The quantitative estimate of drug-likeness (QED) is 0.424. The average molecular weight is 455 g/mol. The third-order valence-corrected chi connectivity index (χ3v) is 6.66. The monoisotopic (exact) mass is 454 g/mol. The van der Waals surface area contributed by atoms with Crippen LogP contribution in [0.1, 0.15) is 44.5 Å². The second-order valence-electron chi connectivity index (χ2n) is 7.83. The van der Waals surface area contributed by atoms with Gasteiger partial charge in [-0.2, -0.15) is 0 Å². The van der Waals surface area contributed by atoms with E-state index in [4.69, 9.17) is 4.74 Å². The molecule has 8 heteroatoms. The van der Waals surface area contributed by atoms with Gasteiger partial charge in [-0.25, -0.2) is 4.39 Å². The Labute approximate surface area is 189 Å². The number of ketones is 1. The maximum atomic E-state index is 13.5. The fourth-order valence-corrected chi connectivity index (χ4v) is 4.77. The normalized spacial score (nSPS) is 15.2. The van der Waals surface area contributed by atoms with Gasteiger partial charge in [0.2, 0.25) is 11.7 Å². The Morgan fingerprint density at radius 2 is 2.06 bits per heavy atom. The number of halogens is 1. The Morgan fingerprint density at radius 3 is 2.81 bits per heavy atom. The maximum Gasteiger partial charge on any atom is 0.314 e. The number of amides is 1. The summed E-state index contributed by atoms with van der Waals surface area (Å²) in [6.07, 6.45) is 0.767. The summed E-state index contributed by atoms with van der Waals surface area (Å²) in [4.78, 5) is 38.7. The predicted octanol–water partition coefficient (Wildman–Crippen LogP) is 4.40. The molecule has 3 heterocycles. The van der Waals surface area contributed by atoms with Crippen molar-refractivity contribution in [2.45, 2.75) is 39.2 Å². The Bertz CT molecular complexity index is 1180. The third-order valence-electron chi connectivity index (χ3n) is 5.72. The van der Waals surface area contributed by atoms with Crippen molar-refractivity contribution in [3.63, 3.8) is 0 Å². The number of nitrogens with one attached hydrogen (secondary N) is 1. The molecule has 6 nitrogen and oxygen atoms in total. The topological polar surface area (TPSA) is 77.4 Å². The molecule has 0 fully saturated rings. The average Bonchev–Trinajstić information content (AvgIpc) is 3.37. The Morgan fingerprint density at radius 1 is 1.25 bits per heavy atom. The van der Waals surface area contributed by atoms with Crippen molar-refractivity contribution >= 4 is 34.7 Å². The SMILES string of the molecule is Cc1cc(C(=O)COC(=O)C2CC(=O)Nc3cc(F)ccc32)c(C)n1CCc1cccs1. The van der Waals surface area contributed by atoms with Crippen LogP contribution in [0.3, 0.4) is 0 Å². The second-order valence-corrected chi connectivity index (χ2v) is 8.87. The first-order valence-corrected chi connectivity index (χ1v) is 11.2. The molecule has 0 bridgehead atoms. The molecule has 1 aliphatic heterocycles. The molecular formula is C24H23FN2O4S. The number of nitrogens with zero attached hydrogens (tertiary/aromatic N) is 1. The highest BCUT2D eigenvalue weighted by atomic mass is 32.1. The number of carbonyl (C=O) groups is 3. The largest absolute Gasteiger partial charge is 0.457 e. The van der Waals surface area contributed by atoms with Gasteiger partial charge in [0.1, 0.15) is 5.82 Å². The summed E-state index contributed by atoms with van der Waals surface area (Å²) in [7, 11) is 0. The summed E-state index contributed by atoms with van der Waals surface area (Å²) in [5.74, 6) is -2.75. The molecule has 0 aliphatic carbocycles. The van der Waals surface area contributed by atoms with Gasteiger partial charge in [-0.1, -0.05) is 12.1 Å². The lowest BCUT2D eigenvalue weighted by Gasteiger charge is -2.24. The summed E-state index contributed by atoms with van der Waals surface area (Å²) in [5, 5.41) is 4.60. The molecule has 32 heavy (non-hydrogen) atoms. The molecule has 1 unspecified atom stereocenters. The molecule has 1 aromatic carbocycles. The first-order valence-electron chi connectivity index (χ1n) is 10.3. The van der Waals surface area contributed by atoms with Gasteiger partial charge < -0.3 is 14.6 Å². The van der Waals surface area contributed by atoms with Crippen LogP contribution in [0.5, 0.6) is 0 Å². The molecule has 0 spiro atoms. The number of carbonyl (C=O) groups excluding carboxylic acids is 3. The molecule has 1 aliphatic rings. The zero-order valence-corrected chi connectivity index (χ0v) is 18.6. The number of thiophene rings is 1. The highest BCUT2D eigenvalue weighted by molar-refractivity contribution is 7.09. The summed E-state index contributed by atoms with van der Waals surface area (Å²) in [6, 6.07) is 9.77. The Kier molecular flexibility index (Phi) is 6.23. The molecule has 0 saturated heterocycles. The number of rotatable bonds is 7. The van der Waals surface area contributed by atoms with Gasteiger partial charge in [0.05, 0.1) is 5.92 Å². The van der Waals surface area contributed by atoms with E-state index in [9.17, 15) is 18.8 Å². The maximum absolute atomic E-state index is 13.5. The second kappa shape index (κ2) is 9.08. The number of hydrogen-bond acceptors (Lipinski definition) is 5. The zero-order chi connectivity index (χ0) is 22.8. The van der Waals surface area contributed by atoms with Crippen LogP contribution in [-0.4, -0.2) is 28.8 Å².